The average molecular weight is 334 g/mol. The van der Waals surface area contributed by atoms with E-state index in [1.807, 2.05) is 15.9 Å². The molecule has 0 spiro atoms. The first-order valence-corrected chi connectivity index (χ1v) is 8.73. The lowest BCUT2D eigenvalue weighted by Crippen LogP contribution is -2.50. The number of ether oxygens (including phenoxy) is 1. The molecule has 1 atom stereocenters. The van der Waals surface area contributed by atoms with Crippen molar-refractivity contribution in [2.75, 3.05) is 32.8 Å². The van der Waals surface area contributed by atoms with E-state index < -0.39 is 6.04 Å². The Balaban J connectivity index is 1.73. The average Bonchev–Trinajstić information content (AvgIpc) is 3.07. The molecule has 0 bridgehead atoms. The minimum Gasteiger partial charge on any atom is -0.378 e. The van der Waals surface area contributed by atoms with Gasteiger partial charge in [-0.25, -0.2) is 0 Å². The topological polar surface area (TPSA) is 67.7 Å². The quantitative estimate of drug-likeness (QED) is 0.826. The highest BCUT2D eigenvalue weighted by molar-refractivity contribution is 5.83. The second-order valence-corrected chi connectivity index (χ2v) is 6.93. The maximum Gasteiger partial charge on any atom is 0.249 e. The molecule has 3 rings (SSSR count). The number of carbonyl (C=O) groups excluding carboxylic acids is 2. The molecule has 7 heteroatoms. The fraction of sp³-hybridized carbons (Fsp3) is 0.706. The molecule has 2 amide bonds. The SMILES string of the molecule is CC(C)CCC(=O)N1Cc2ccnn2[C@H](C(=O)N2CCOCC2)C1. The van der Waals surface area contributed by atoms with Crippen LogP contribution in [0.4, 0.5) is 0 Å². The van der Waals surface area contributed by atoms with Crippen LogP contribution in [0, 0.1) is 5.92 Å². The van der Waals surface area contributed by atoms with Gasteiger partial charge in [-0.3, -0.25) is 14.3 Å². The summed E-state index contributed by atoms with van der Waals surface area (Å²) in [5.74, 6) is 0.649. The molecule has 0 unspecified atom stereocenters. The lowest BCUT2D eigenvalue weighted by Gasteiger charge is -2.37. The van der Waals surface area contributed by atoms with Crippen LogP contribution in [0.15, 0.2) is 12.3 Å². The van der Waals surface area contributed by atoms with Crippen LogP contribution in [-0.2, 0) is 20.9 Å². The Morgan fingerprint density at radius 1 is 1.29 bits per heavy atom. The van der Waals surface area contributed by atoms with Crippen LogP contribution in [0.3, 0.4) is 0 Å². The summed E-state index contributed by atoms with van der Waals surface area (Å²) in [6, 6.07) is 1.46. The van der Waals surface area contributed by atoms with Gasteiger partial charge in [-0.05, 0) is 18.4 Å². The summed E-state index contributed by atoms with van der Waals surface area (Å²) in [4.78, 5) is 29.1. The van der Waals surface area contributed by atoms with Crippen molar-refractivity contribution in [3.63, 3.8) is 0 Å². The highest BCUT2D eigenvalue weighted by atomic mass is 16.5. The molecule has 1 aromatic heterocycles. The van der Waals surface area contributed by atoms with Crippen molar-refractivity contribution in [3.05, 3.63) is 18.0 Å². The first kappa shape index (κ1) is 17.0. The summed E-state index contributed by atoms with van der Waals surface area (Å²) >= 11 is 0. The predicted molar refractivity (Wildman–Crippen MR) is 88.2 cm³/mol. The van der Waals surface area contributed by atoms with Crippen molar-refractivity contribution < 1.29 is 14.3 Å². The second-order valence-electron chi connectivity index (χ2n) is 6.93. The molecule has 1 fully saturated rings. The van der Waals surface area contributed by atoms with E-state index in [2.05, 4.69) is 18.9 Å². The van der Waals surface area contributed by atoms with Gasteiger partial charge in [0.2, 0.25) is 11.8 Å². The fourth-order valence-corrected chi connectivity index (χ4v) is 3.23. The van der Waals surface area contributed by atoms with Crippen molar-refractivity contribution in [2.24, 2.45) is 5.92 Å². The van der Waals surface area contributed by atoms with E-state index in [0.717, 1.165) is 12.1 Å². The van der Waals surface area contributed by atoms with Crippen molar-refractivity contribution in [2.45, 2.75) is 39.3 Å². The molecule has 24 heavy (non-hydrogen) atoms. The van der Waals surface area contributed by atoms with E-state index in [9.17, 15) is 9.59 Å². The van der Waals surface area contributed by atoms with Crippen LogP contribution in [0.25, 0.3) is 0 Å². The highest BCUT2D eigenvalue weighted by Crippen LogP contribution is 2.24. The molecule has 7 nitrogen and oxygen atoms in total. The standard InChI is InChI=1S/C17H26N4O3/c1-13(2)3-4-16(22)20-11-14-5-6-18-21(14)15(12-20)17(23)19-7-9-24-10-8-19/h5-6,13,15H,3-4,7-12H2,1-2H3/t15-/m0/s1. The van der Waals surface area contributed by atoms with Crippen molar-refractivity contribution >= 4 is 11.8 Å². The van der Waals surface area contributed by atoms with Gasteiger partial charge in [0.15, 0.2) is 0 Å². The van der Waals surface area contributed by atoms with E-state index in [1.54, 1.807) is 10.9 Å². The molecule has 0 N–H and O–H groups in total. The van der Waals surface area contributed by atoms with Gasteiger partial charge in [0.05, 0.1) is 32.0 Å². The summed E-state index contributed by atoms with van der Waals surface area (Å²) in [5.41, 5.74) is 0.922. The van der Waals surface area contributed by atoms with Crippen molar-refractivity contribution in [3.8, 4) is 0 Å². The predicted octanol–water partition coefficient (Wildman–Crippen LogP) is 1.06. The van der Waals surface area contributed by atoms with Gasteiger partial charge in [0.25, 0.3) is 0 Å². The molecule has 132 valence electrons. The largest absolute Gasteiger partial charge is 0.378 e. The van der Waals surface area contributed by atoms with E-state index in [-0.39, 0.29) is 11.8 Å². The number of carbonyl (C=O) groups is 2. The molecule has 0 aromatic carbocycles. The van der Waals surface area contributed by atoms with Gasteiger partial charge in [-0.15, -0.1) is 0 Å². The van der Waals surface area contributed by atoms with Gasteiger partial charge < -0.3 is 14.5 Å². The van der Waals surface area contributed by atoms with Crippen LogP contribution in [-0.4, -0.2) is 64.2 Å². The number of nitrogens with zero attached hydrogens (tertiary/aromatic N) is 4. The van der Waals surface area contributed by atoms with Crippen LogP contribution in [0.5, 0.6) is 0 Å². The van der Waals surface area contributed by atoms with Crippen LogP contribution >= 0.6 is 0 Å². The lowest BCUT2D eigenvalue weighted by molar-refractivity contribution is -0.143. The zero-order valence-corrected chi connectivity index (χ0v) is 14.5. The Kier molecular flexibility index (Phi) is 5.18. The lowest BCUT2D eigenvalue weighted by atomic mass is 10.1. The van der Waals surface area contributed by atoms with Gasteiger partial charge in [-0.1, -0.05) is 13.8 Å². The van der Waals surface area contributed by atoms with Crippen molar-refractivity contribution in [1.82, 2.24) is 19.6 Å². The third kappa shape index (κ3) is 3.61. The van der Waals surface area contributed by atoms with E-state index in [4.69, 9.17) is 4.74 Å². The summed E-state index contributed by atoms with van der Waals surface area (Å²) in [6.07, 6.45) is 3.11. The van der Waals surface area contributed by atoms with E-state index in [1.165, 1.54) is 0 Å². The first-order valence-electron chi connectivity index (χ1n) is 8.73. The molecule has 0 saturated carbocycles. The molecular weight excluding hydrogens is 308 g/mol. The third-order valence-electron chi connectivity index (χ3n) is 4.69. The summed E-state index contributed by atoms with van der Waals surface area (Å²) in [6.45, 7) is 7.52. The molecule has 3 heterocycles. The summed E-state index contributed by atoms with van der Waals surface area (Å²) in [5, 5.41) is 4.32. The number of hydrogen-bond acceptors (Lipinski definition) is 4. The summed E-state index contributed by atoms with van der Waals surface area (Å²) in [7, 11) is 0. The van der Waals surface area contributed by atoms with Gasteiger partial charge in [0.1, 0.15) is 6.04 Å². The number of rotatable bonds is 4. The third-order valence-corrected chi connectivity index (χ3v) is 4.69. The van der Waals surface area contributed by atoms with Crippen molar-refractivity contribution in [1.29, 1.82) is 0 Å². The first-order chi connectivity index (χ1) is 11.6. The molecular formula is C17H26N4O3. The molecule has 1 aromatic rings. The number of aromatic nitrogens is 2. The number of fused-ring (bicyclic) bond motifs is 1. The minimum atomic E-state index is -0.426. The smallest absolute Gasteiger partial charge is 0.249 e. The Hall–Kier alpha value is -1.89. The normalized spacial score (nSPS) is 21.0. The minimum absolute atomic E-state index is 0.0320. The monoisotopic (exact) mass is 334 g/mol. The maximum atomic E-state index is 12.9. The Bertz CT molecular complexity index is 592. The highest BCUT2D eigenvalue weighted by Gasteiger charge is 2.35. The maximum absolute atomic E-state index is 12.9. The molecule has 2 aliphatic rings. The molecule has 0 aliphatic carbocycles. The number of amides is 2. The number of hydrogen-bond donors (Lipinski definition) is 0. The Labute approximate surface area is 142 Å². The van der Waals surface area contributed by atoms with Crippen LogP contribution in [0.1, 0.15) is 38.4 Å². The van der Waals surface area contributed by atoms with Gasteiger partial charge in [0, 0.05) is 25.7 Å². The van der Waals surface area contributed by atoms with Gasteiger partial charge >= 0.3 is 0 Å². The van der Waals surface area contributed by atoms with Crippen LogP contribution in [0.2, 0.25) is 0 Å². The van der Waals surface area contributed by atoms with Crippen LogP contribution < -0.4 is 0 Å². The fourth-order valence-electron chi connectivity index (χ4n) is 3.23. The molecule has 1 saturated heterocycles. The van der Waals surface area contributed by atoms with E-state index >= 15 is 0 Å². The number of morpholine rings is 1. The second kappa shape index (κ2) is 7.34. The summed E-state index contributed by atoms with van der Waals surface area (Å²) < 4.78 is 7.11. The van der Waals surface area contributed by atoms with E-state index in [0.29, 0.717) is 51.7 Å². The Morgan fingerprint density at radius 3 is 2.75 bits per heavy atom. The Morgan fingerprint density at radius 2 is 2.04 bits per heavy atom. The molecule has 2 aliphatic heterocycles. The van der Waals surface area contributed by atoms with Gasteiger partial charge in [-0.2, -0.15) is 5.10 Å². The molecule has 0 radical (unpaired) electrons. The zero-order valence-electron chi connectivity index (χ0n) is 14.5. The zero-order chi connectivity index (χ0) is 17.1.